The molecule has 2 aliphatic carbocycles. The average molecular weight is 406 g/mol. The highest BCUT2D eigenvalue weighted by atomic mass is 32.2. The molecule has 2 saturated carbocycles. The van der Waals surface area contributed by atoms with Gasteiger partial charge in [-0.15, -0.1) is 0 Å². The minimum atomic E-state index is -3.33. The number of nitrogens with one attached hydrogen (secondary N) is 1. The van der Waals surface area contributed by atoms with Crippen molar-refractivity contribution >= 4 is 9.84 Å². The maximum atomic E-state index is 13.0. The monoisotopic (exact) mass is 405 g/mol. The SMILES string of the molecule is CN(Cc1ccn[nH]1)Cc1cnc(S(=O)(=O)CC2CC2)n1CC1CCCCC1. The molecule has 0 bridgehead atoms. The Balaban J connectivity index is 1.55. The zero-order valence-electron chi connectivity index (χ0n) is 16.7. The van der Waals surface area contributed by atoms with Crippen LogP contribution in [0.25, 0.3) is 0 Å². The van der Waals surface area contributed by atoms with Crippen molar-refractivity contribution in [2.45, 2.75) is 69.7 Å². The van der Waals surface area contributed by atoms with Crippen LogP contribution < -0.4 is 0 Å². The van der Waals surface area contributed by atoms with Gasteiger partial charge in [0.1, 0.15) is 0 Å². The quantitative estimate of drug-likeness (QED) is 0.693. The van der Waals surface area contributed by atoms with Crippen molar-refractivity contribution in [1.82, 2.24) is 24.6 Å². The summed E-state index contributed by atoms with van der Waals surface area (Å²) < 4.78 is 28.0. The molecule has 0 unspecified atom stereocenters. The molecule has 2 aromatic rings. The van der Waals surface area contributed by atoms with E-state index < -0.39 is 9.84 Å². The second-order valence-electron chi connectivity index (χ2n) is 8.63. The summed E-state index contributed by atoms with van der Waals surface area (Å²) in [5.74, 6) is 1.13. The van der Waals surface area contributed by atoms with E-state index in [1.165, 1.54) is 32.1 Å². The lowest BCUT2D eigenvalue weighted by molar-refractivity contribution is 0.280. The number of imidazole rings is 1. The van der Waals surface area contributed by atoms with Crippen molar-refractivity contribution in [3.05, 3.63) is 29.8 Å². The average Bonchev–Trinajstić information content (AvgIpc) is 3.14. The fraction of sp³-hybridized carbons (Fsp3) is 0.700. The van der Waals surface area contributed by atoms with Gasteiger partial charge in [0, 0.05) is 31.5 Å². The molecule has 28 heavy (non-hydrogen) atoms. The van der Waals surface area contributed by atoms with Crippen LogP contribution in [0.5, 0.6) is 0 Å². The van der Waals surface area contributed by atoms with Crippen molar-refractivity contribution in [2.75, 3.05) is 12.8 Å². The van der Waals surface area contributed by atoms with Crippen molar-refractivity contribution in [2.24, 2.45) is 11.8 Å². The van der Waals surface area contributed by atoms with Gasteiger partial charge in [-0.25, -0.2) is 13.4 Å². The molecule has 0 saturated heterocycles. The molecule has 7 nitrogen and oxygen atoms in total. The van der Waals surface area contributed by atoms with E-state index in [9.17, 15) is 8.42 Å². The van der Waals surface area contributed by atoms with Gasteiger partial charge in [-0.3, -0.25) is 10.00 Å². The zero-order valence-corrected chi connectivity index (χ0v) is 17.5. The van der Waals surface area contributed by atoms with Crippen LogP contribution in [0.2, 0.25) is 0 Å². The first-order valence-electron chi connectivity index (χ1n) is 10.5. The Morgan fingerprint density at radius 2 is 1.93 bits per heavy atom. The number of nitrogens with zero attached hydrogens (tertiary/aromatic N) is 4. The number of hydrogen-bond acceptors (Lipinski definition) is 5. The van der Waals surface area contributed by atoms with Gasteiger partial charge in [0.05, 0.1) is 17.6 Å². The van der Waals surface area contributed by atoms with E-state index in [2.05, 4.69) is 20.1 Å². The third kappa shape index (κ3) is 4.84. The summed E-state index contributed by atoms with van der Waals surface area (Å²) in [5.41, 5.74) is 2.03. The molecule has 0 aromatic carbocycles. The molecule has 154 valence electrons. The maximum Gasteiger partial charge on any atom is 0.227 e. The van der Waals surface area contributed by atoms with Gasteiger partial charge < -0.3 is 4.57 Å². The number of H-pyrrole nitrogens is 1. The maximum absolute atomic E-state index is 13.0. The Kier molecular flexibility index (Phi) is 5.87. The molecule has 4 rings (SSSR count). The van der Waals surface area contributed by atoms with Crippen LogP contribution in [0.3, 0.4) is 0 Å². The lowest BCUT2D eigenvalue weighted by Crippen LogP contribution is -2.24. The predicted molar refractivity (Wildman–Crippen MR) is 107 cm³/mol. The van der Waals surface area contributed by atoms with Gasteiger partial charge in [-0.1, -0.05) is 19.3 Å². The van der Waals surface area contributed by atoms with Crippen LogP contribution in [-0.2, 0) is 29.5 Å². The summed E-state index contributed by atoms with van der Waals surface area (Å²) in [6.45, 7) is 2.17. The first-order chi connectivity index (χ1) is 13.5. The standard InChI is InChI=1S/C20H31N5O2S/c1-24(13-18-9-10-22-23-18)14-19-11-21-20(28(26,27)15-17-7-8-17)25(19)12-16-5-3-2-4-6-16/h9-11,16-17H,2-8,12-15H2,1H3,(H,22,23). The number of aromatic nitrogens is 4. The molecule has 0 amide bonds. The van der Waals surface area contributed by atoms with Gasteiger partial charge in [-0.2, -0.15) is 5.10 Å². The van der Waals surface area contributed by atoms with Gasteiger partial charge >= 0.3 is 0 Å². The Bertz CT molecular complexity index is 865. The summed E-state index contributed by atoms with van der Waals surface area (Å²) in [6, 6.07) is 1.96. The Labute approximate surface area is 167 Å². The van der Waals surface area contributed by atoms with E-state index in [4.69, 9.17) is 0 Å². The molecular formula is C20H31N5O2S. The number of rotatable bonds is 9. The predicted octanol–water partition coefficient (Wildman–Crippen LogP) is 3.00. The van der Waals surface area contributed by atoms with Crippen molar-refractivity contribution in [3.63, 3.8) is 0 Å². The van der Waals surface area contributed by atoms with Gasteiger partial charge in [-0.05, 0) is 50.6 Å². The summed E-state index contributed by atoms with van der Waals surface area (Å²) in [4.78, 5) is 6.58. The van der Waals surface area contributed by atoms with Crippen molar-refractivity contribution < 1.29 is 8.42 Å². The van der Waals surface area contributed by atoms with Crippen LogP contribution in [0.15, 0.2) is 23.6 Å². The molecule has 8 heteroatoms. The molecule has 0 aliphatic heterocycles. The molecule has 0 radical (unpaired) electrons. The summed E-state index contributed by atoms with van der Waals surface area (Å²) in [6.07, 6.45) is 11.7. The van der Waals surface area contributed by atoms with E-state index in [-0.39, 0.29) is 10.9 Å². The molecular weight excluding hydrogens is 374 g/mol. The molecule has 0 spiro atoms. The Hall–Kier alpha value is -1.67. The van der Waals surface area contributed by atoms with Crippen LogP contribution in [-0.4, -0.2) is 45.9 Å². The second kappa shape index (κ2) is 8.37. The first kappa shape index (κ1) is 19.6. The second-order valence-corrected chi connectivity index (χ2v) is 10.6. The van der Waals surface area contributed by atoms with E-state index in [1.54, 1.807) is 12.4 Å². The number of aromatic amines is 1. The molecule has 1 N–H and O–H groups in total. The van der Waals surface area contributed by atoms with Crippen LogP contribution in [0, 0.1) is 11.8 Å². The van der Waals surface area contributed by atoms with Gasteiger partial charge in [0.15, 0.2) is 0 Å². The highest BCUT2D eigenvalue weighted by molar-refractivity contribution is 7.91. The number of hydrogen-bond donors (Lipinski definition) is 1. The van der Waals surface area contributed by atoms with Crippen molar-refractivity contribution in [1.29, 1.82) is 0 Å². The lowest BCUT2D eigenvalue weighted by Gasteiger charge is -2.25. The minimum Gasteiger partial charge on any atom is -0.317 e. The topological polar surface area (TPSA) is 83.9 Å². The molecule has 2 aromatic heterocycles. The fourth-order valence-electron chi connectivity index (χ4n) is 4.25. The van der Waals surface area contributed by atoms with E-state index >= 15 is 0 Å². The normalized spacial score (nSPS) is 18.8. The van der Waals surface area contributed by atoms with E-state index in [1.807, 2.05) is 17.7 Å². The smallest absolute Gasteiger partial charge is 0.227 e. The molecule has 0 atom stereocenters. The summed E-state index contributed by atoms with van der Waals surface area (Å²) >= 11 is 0. The van der Waals surface area contributed by atoms with E-state index in [0.29, 0.717) is 18.4 Å². The molecule has 2 aliphatic rings. The third-order valence-electron chi connectivity index (χ3n) is 5.93. The lowest BCUT2D eigenvalue weighted by atomic mass is 9.89. The largest absolute Gasteiger partial charge is 0.317 e. The number of sulfone groups is 1. The van der Waals surface area contributed by atoms with Crippen LogP contribution in [0.4, 0.5) is 0 Å². The molecule has 2 fully saturated rings. The fourth-order valence-corrected chi connectivity index (χ4v) is 6.10. The van der Waals surface area contributed by atoms with E-state index in [0.717, 1.165) is 37.3 Å². The minimum absolute atomic E-state index is 0.248. The highest BCUT2D eigenvalue weighted by Gasteiger charge is 2.33. The van der Waals surface area contributed by atoms with Crippen LogP contribution >= 0.6 is 0 Å². The summed E-state index contributed by atoms with van der Waals surface area (Å²) in [7, 11) is -1.29. The molecule has 2 heterocycles. The Morgan fingerprint density at radius 3 is 2.61 bits per heavy atom. The first-order valence-corrected chi connectivity index (χ1v) is 12.1. The van der Waals surface area contributed by atoms with Gasteiger partial charge in [0.25, 0.3) is 0 Å². The van der Waals surface area contributed by atoms with Crippen molar-refractivity contribution in [3.8, 4) is 0 Å². The zero-order chi connectivity index (χ0) is 19.6. The highest BCUT2D eigenvalue weighted by Crippen LogP contribution is 2.33. The summed E-state index contributed by atoms with van der Waals surface area (Å²) in [5, 5.41) is 7.27. The van der Waals surface area contributed by atoms with Crippen LogP contribution in [0.1, 0.15) is 56.3 Å². The van der Waals surface area contributed by atoms with Gasteiger partial charge in [0.2, 0.25) is 15.0 Å². The third-order valence-corrected chi connectivity index (χ3v) is 7.72. The Morgan fingerprint density at radius 1 is 1.14 bits per heavy atom.